The van der Waals surface area contributed by atoms with E-state index < -0.39 is 5.97 Å². The molecule has 94 valence electrons. The van der Waals surface area contributed by atoms with Gasteiger partial charge in [-0.25, -0.2) is 4.79 Å². The van der Waals surface area contributed by atoms with Gasteiger partial charge in [-0.15, -0.1) is 0 Å². The highest BCUT2D eigenvalue weighted by Crippen LogP contribution is 2.23. The first-order valence-electron chi connectivity index (χ1n) is 4.97. The topological polar surface area (TPSA) is 81.1 Å². The van der Waals surface area contributed by atoms with Crippen molar-refractivity contribution in [1.82, 2.24) is 9.78 Å². The molecule has 0 fully saturated rings. The van der Waals surface area contributed by atoms with E-state index in [2.05, 4.69) is 5.10 Å². The molecule has 0 radical (unpaired) electrons. The van der Waals surface area contributed by atoms with Crippen LogP contribution in [-0.2, 0) is 6.54 Å². The Morgan fingerprint density at radius 3 is 2.67 bits per heavy atom. The van der Waals surface area contributed by atoms with Gasteiger partial charge in [0, 0.05) is 6.20 Å². The molecule has 1 aromatic heterocycles. The molecule has 1 aromatic carbocycles. The fourth-order valence-corrected chi connectivity index (χ4v) is 1.83. The molecule has 0 saturated carbocycles. The zero-order chi connectivity index (χ0) is 13.3. The molecule has 7 heteroatoms. The summed E-state index contributed by atoms with van der Waals surface area (Å²) < 4.78 is 1.44. The molecule has 0 amide bonds. The average molecular weight is 286 g/mol. The third-order valence-electron chi connectivity index (χ3n) is 2.35. The van der Waals surface area contributed by atoms with Crippen LogP contribution >= 0.6 is 23.2 Å². The van der Waals surface area contributed by atoms with E-state index in [4.69, 9.17) is 34.0 Å². The van der Waals surface area contributed by atoms with Crippen molar-refractivity contribution in [2.45, 2.75) is 6.54 Å². The average Bonchev–Trinajstić information content (AvgIpc) is 2.65. The molecule has 3 N–H and O–H groups in total. The van der Waals surface area contributed by atoms with Gasteiger partial charge in [-0.05, 0) is 17.7 Å². The lowest BCUT2D eigenvalue weighted by Gasteiger charge is -2.03. The largest absolute Gasteiger partial charge is 0.477 e. The monoisotopic (exact) mass is 285 g/mol. The summed E-state index contributed by atoms with van der Waals surface area (Å²) in [6.07, 6.45) is 1.38. The van der Waals surface area contributed by atoms with Crippen molar-refractivity contribution in [1.29, 1.82) is 0 Å². The third kappa shape index (κ3) is 2.57. The second kappa shape index (κ2) is 4.88. The quantitative estimate of drug-likeness (QED) is 0.908. The van der Waals surface area contributed by atoms with E-state index in [1.807, 2.05) is 0 Å². The van der Waals surface area contributed by atoms with Crippen molar-refractivity contribution in [2.75, 3.05) is 5.73 Å². The number of nitrogen functional groups attached to an aromatic ring is 1. The van der Waals surface area contributed by atoms with Crippen LogP contribution < -0.4 is 5.73 Å². The van der Waals surface area contributed by atoms with Crippen LogP contribution in [0.25, 0.3) is 0 Å². The molecule has 0 aliphatic heterocycles. The highest BCUT2D eigenvalue weighted by molar-refractivity contribution is 6.42. The van der Waals surface area contributed by atoms with Crippen LogP contribution in [0.15, 0.2) is 24.4 Å². The van der Waals surface area contributed by atoms with E-state index in [1.165, 1.54) is 10.9 Å². The van der Waals surface area contributed by atoms with E-state index in [-0.39, 0.29) is 11.4 Å². The van der Waals surface area contributed by atoms with E-state index >= 15 is 0 Å². The first kappa shape index (κ1) is 12.7. The van der Waals surface area contributed by atoms with Crippen molar-refractivity contribution in [3.63, 3.8) is 0 Å². The number of carboxylic acid groups (broad SMARTS) is 1. The number of rotatable bonds is 3. The summed E-state index contributed by atoms with van der Waals surface area (Å²) in [7, 11) is 0. The summed E-state index contributed by atoms with van der Waals surface area (Å²) in [5.41, 5.74) is 6.32. The lowest BCUT2D eigenvalue weighted by atomic mass is 10.2. The second-order valence-corrected chi connectivity index (χ2v) is 4.49. The predicted octanol–water partition coefficient (Wildman–Crippen LogP) is 2.52. The smallest absolute Gasteiger partial charge is 0.341 e. The molecule has 0 saturated heterocycles. The van der Waals surface area contributed by atoms with Crippen LogP contribution in [0, 0.1) is 0 Å². The summed E-state index contributed by atoms with van der Waals surface area (Å²) in [5.74, 6) is -1.12. The van der Waals surface area contributed by atoms with Gasteiger partial charge < -0.3 is 10.8 Å². The number of nitrogens with two attached hydrogens (primary N) is 1. The Bertz CT molecular complexity index is 610. The first-order chi connectivity index (χ1) is 8.47. The Kier molecular flexibility index (Phi) is 3.45. The molecule has 2 rings (SSSR count). The number of aromatic nitrogens is 2. The highest BCUT2D eigenvalue weighted by atomic mass is 35.5. The fraction of sp³-hybridized carbons (Fsp3) is 0.0909. The third-order valence-corrected chi connectivity index (χ3v) is 3.09. The van der Waals surface area contributed by atoms with Crippen molar-refractivity contribution < 1.29 is 9.90 Å². The SMILES string of the molecule is Nc1nn(Cc2ccc(Cl)c(Cl)c2)cc1C(=O)O. The lowest BCUT2D eigenvalue weighted by molar-refractivity contribution is 0.0698. The minimum atomic E-state index is -1.10. The minimum absolute atomic E-state index is 0.0115. The van der Waals surface area contributed by atoms with Crippen molar-refractivity contribution >= 4 is 35.0 Å². The zero-order valence-electron chi connectivity index (χ0n) is 9.10. The van der Waals surface area contributed by atoms with Crippen molar-refractivity contribution in [2.24, 2.45) is 0 Å². The fourth-order valence-electron chi connectivity index (χ4n) is 1.51. The number of nitrogens with zero attached hydrogens (tertiary/aromatic N) is 2. The number of hydrogen-bond acceptors (Lipinski definition) is 3. The van der Waals surface area contributed by atoms with Gasteiger partial charge in [0.25, 0.3) is 0 Å². The maximum Gasteiger partial charge on any atom is 0.341 e. The number of carbonyl (C=O) groups is 1. The summed E-state index contributed by atoms with van der Waals surface area (Å²) in [6.45, 7) is 0.369. The normalized spacial score (nSPS) is 10.6. The Hall–Kier alpha value is -1.72. The molecular weight excluding hydrogens is 277 g/mol. The van der Waals surface area contributed by atoms with E-state index in [1.54, 1.807) is 18.2 Å². The van der Waals surface area contributed by atoms with Crippen LogP contribution in [0.5, 0.6) is 0 Å². The van der Waals surface area contributed by atoms with E-state index in [9.17, 15) is 4.79 Å². The Labute approximate surface area is 113 Å². The first-order valence-corrected chi connectivity index (χ1v) is 5.73. The number of aromatic carboxylic acids is 1. The Balaban J connectivity index is 2.26. The second-order valence-electron chi connectivity index (χ2n) is 3.68. The summed E-state index contributed by atoms with van der Waals surface area (Å²) in [6, 6.07) is 5.15. The van der Waals surface area contributed by atoms with E-state index in [0.717, 1.165) is 5.56 Å². The molecule has 0 spiro atoms. The van der Waals surface area contributed by atoms with Crippen LogP contribution in [0.2, 0.25) is 10.0 Å². The molecular formula is C11H9Cl2N3O2. The van der Waals surface area contributed by atoms with Crippen molar-refractivity contribution in [3.05, 3.63) is 45.6 Å². The number of benzene rings is 1. The maximum absolute atomic E-state index is 10.8. The molecule has 5 nitrogen and oxygen atoms in total. The zero-order valence-corrected chi connectivity index (χ0v) is 10.6. The van der Waals surface area contributed by atoms with Crippen LogP contribution in [-0.4, -0.2) is 20.9 Å². The number of halogens is 2. The van der Waals surface area contributed by atoms with Gasteiger partial charge in [0.15, 0.2) is 5.82 Å². The summed E-state index contributed by atoms with van der Waals surface area (Å²) in [4.78, 5) is 10.8. The predicted molar refractivity (Wildman–Crippen MR) is 69.2 cm³/mol. The lowest BCUT2D eigenvalue weighted by Crippen LogP contribution is -2.01. The van der Waals surface area contributed by atoms with Gasteiger partial charge in [-0.3, -0.25) is 4.68 Å². The van der Waals surface area contributed by atoms with Gasteiger partial charge in [-0.2, -0.15) is 5.10 Å². The Morgan fingerprint density at radius 1 is 1.39 bits per heavy atom. The summed E-state index contributed by atoms with van der Waals surface area (Å²) in [5, 5.41) is 13.7. The molecule has 0 bridgehead atoms. The number of hydrogen-bond donors (Lipinski definition) is 2. The molecule has 0 unspecified atom stereocenters. The van der Waals surface area contributed by atoms with Gasteiger partial charge >= 0.3 is 5.97 Å². The number of anilines is 1. The minimum Gasteiger partial charge on any atom is -0.477 e. The number of carboxylic acids is 1. The molecule has 18 heavy (non-hydrogen) atoms. The van der Waals surface area contributed by atoms with Gasteiger partial charge in [0.1, 0.15) is 5.56 Å². The van der Waals surface area contributed by atoms with Gasteiger partial charge in [-0.1, -0.05) is 29.3 Å². The molecule has 0 aliphatic rings. The standard InChI is InChI=1S/C11H9Cl2N3O2/c12-8-2-1-6(3-9(8)13)4-16-5-7(11(17)18)10(14)15-16/h1-3,5H,4H2,(H2,14,15)(H,17,18). The highest BCUT2D eigenvalue weighted by Gasteiger charge is 2.12. The van der Waals surface area contributed by atoms with Gasteiger partial charge in [0.05, 0.1) is 16.6 Å². The maximum atomic E-state index is 10.8. The van der Waals surface area contributed by atoms with Crippen LogP contribution in [0.3, 0.4) is 0 Å². The van der Waals surface area contributed by atoms with Crippen molar-refractivity contribution in [3.8, 4) is 0 Å². The molecule has 0 atom stereocenters. The molecule has 2 aromatic rings. The molecule has 0 aliphatic carbocycles. The Morgan fingerprint density at radius 2 is 2.11 bits per heavy atom. The van der Waals surface area contributed by atoms with Gasteiger partial charge in [0.2, 0.25) is 0 Å². The molecule has 1 heterocycles. The van der Waals surface area contributed by atoms with Crippen LogP contribution in [0.4, 0.5) is 5.82 Å². The van der Waals surface area contributed by atoms with E-state index in [0.29, 0.717) is 16.6 Å². The van der Waals surface area contributed by atoms with Crippen LogP contribution in [0.1, 0.15) is 15.9 Å². The summed E-state index contributed by atoms with van der Waals surface area (Å²) >= 11 is 11.7.